The van der Waals surface area contributed by atoms with Gasteiger partial charge in [-0.05, 0) is 42.5 Å². The van der Waals surface area contributed by atoms with Crippen LogP contribution in [0.2, 0.25) is 9.36 Å². The molecule has 176 valence electrons. The molecule has 0 saturated heterocycles. The maximum absolute atomic E-state index is 12.7. The highest BCUT2D eigenvalue weighted by atomic mass is 35.5. The van der Waals surface area contributed by atoms with E-state index in [1.54, 1.807) is 25.2 Å². The van der Waals surface area contributed by atoms with E-state index in [0.29, 0.717) is 10.9 Å². The van der Waals surface area contributed by atoms with Gasteiger partial charge in [0, 0.05) is 29.4 Å². The third-order valence-electron chi connectivity index (χ3n) is 4.81. The molecule has 0 aliphatic rings. The molecule has 0 atom stereocenters. The molecule has 4 rings (SSSR count). The van der Waals surface area contributed by atoms with E-state index in [1.807, 2.05) is 4.72 Å². The van der Waals surface area contributed by atoms with Crippen LogP contribution in [0.3, 0.4) is 0 Å². The molecule has 0 radical (unpaired) electrons. The number of sulfonamides is 1. The van der Waals surface area contributed by atoms with Crippen molar-refractivity contribution in [1.29, 1.82) is 0 Å². The van der Waals surface area contributed by atoms with Crippen LogP contribution in [0.1, 0.15) is 0 Å². The summed E-state index contributed by atoms with van der Waals surface area (Å²) >= 11 is 12.9. The zero-order valence-corrected chi connectivity index (χ0v) is 20.4. The number of aromatic amines is 1. The Kier molecular flexibility index (Phi) is 6.45. The summed E-state index contributed by atoms with van der Waals surface area (Å²) in [6, 6.07) is 10.9. The topological polar surface area (TPSA) is 140 Å². The minimum Gasteiger partial charge on any atom is -0.506 e. The molecule has 2 amide bonds. The first-order valence-corrected chi connectivity index (χ1v) is 12.6. The molecule has 9 nitrogen and oxygen atoms in total. The number of rotatable bonds is 5. The van der Waals surface area contributed by atoms with Gasteiger partial charge in [-0.25, -0.2) is 17.9 Å². The number of aromatic nitrogens is 1. The van der Waals surface area contributed by atoms with Crippen molar-refractivity contribution in [3.63, 3.8) is 0 Å². The Hall–Kier alpha value is -3.25. The number of fused-ring (bicyclic) bond motifs is 1. The van der Waals surface area contributed by atoms with Crippen molar-refractivity contribution in [2.75, 3.05) is 17.7 Å². The van der Waals surface area contributed by atoms with Gasteiger partial charge >= 0.3 is 6.03 Å². The molecule has 0 bridgehead atoms. The molecule has 2 aromatic heterocycles. The minimum absolute atomic E-state index is 0.0390. The average molecular weight is 539 g/mol. The van der Waals surface area contributed by atoms with Gasteiger partial charge in [0.05, 0.1) is 20.4 Å². The van der Waals surface area contributed by atoms with Gasteiger partial charge in [0.25, 0.3) is 15.6 Å². The van der Waals surface area contributed by atoms with Crippen LogP contribution >= 0.6 is 34.5 Å². The molecule has 0 spiro atoms. The van der Waals surface area contributed by atoms with Crippen molar-refractivity contribution >= 4 is 72.9 Å². The smallest absolute Gasteiger partial charge is 0.333 e. The maximum Gasteiger partial charge on any atom is 0.333 e. The van der Waals surface area contributed by atoms with E-state index in [1.165, 1.54) is 30.3 Å². The van der Waals surface area contributed by atoms with Gasteiger partial charge in [-0.2, -0.15) is 0 Å². The van der Waals surface area contributed by atoms with Crippen LogP contribution in [0.25, 0.3) is 22.0 Å². The molecular weight excluding hydrogens is 523 g/mol. The Morgan fingerprint density at radius 3 is 2.44 bits per heavy atom. The fourth-order valence-electron chi connectivity index (χ4n) is 3.25. The first-order chi connectivity index (χ1) is 16.1. The third kappa shape index (κ3) is 4.68. The summed E-state index contributed by atoms with van der Waals surface area (Å²) in [4.78, 5) is 27.6. The van der Waals surface area contributed by atoms with Crippen molar-refractivity contribution in [3.05, 3.63) is 68.2 Å². The highest BCUT2D eigenvalue weighted by Crippen LogP contribution is 2.37. The van der Waals surface area contributed by atoms with Crippen molar-refractivity contribution in [2.24, 2.45) is 0 Å². The first kappa shape index (κ1) is 23.9. The Balaban J connectivity index is 1.61. The van der Waals surface area contributed by atoms with Crippen LogP contribution in [0.15, 0.2) is 57.5 Å². The van der Waals surface area contributed by atoms with E-state index in [0.717, 1.165) is 17.0 Å². The number of carbonyl (C=O) groups is 1. The van der Waals surface area contributed by atoms with Crippen LogP contribution in [0.5, 0.6) is 5.75 Å². The van der Waals surface area contributed by atoms with Gasteiger partial charge in [-0.15, -0.1) is 11.3 Å². The van der Waals surface area contributed by atoms with E-state index < -0.39 is 21.6 Å². The number of thiophene rings is 1. The Morgan fingerprint density at radius 1 is 1.06 bits per heavy atom. The highest BCUT2D eigenvalue weighted by molar-refractivity contribution is 7.92. The molecule has 4 aromatic rings. The van der Waals surface area contributed by atoms with Crippen LogP contribution in [0, 0.1) is 0 Å². The Bertz CT molecular complexity index is 1600. The number of hydrogen-bond acceptors (Lipinski definition) is 7. The Morgan fingerprint density at radius 2 is 1.79 bits per heavy atom. The number of pyridine rings is 1. The van der Waals surface area contributed by atoms with Crippen LogP contribution in [-0.2, 0) is 10.0 Å². The lowest BCUT2D eigenvalue weighted by atomic mass is 10.0. The monoisotopic (exact) mass is 538 g/mol. The van der Waals surface area contributed by atoms with Gasteiger partial charge in [-0.1, -0.05) is 29.3 Å². The van der Waals surface area contributed by atoms with Crippen LogP contribution in [0.4, 0.5) is 16.2 Å². The summed E-state index contributed by atoms with van der Waals surface area (Å²) < 4.78 is 26.5. The van der Waals surface area contributed by atoms with Gasteiger partial charge < -0.3 is 20.7 Å². The molecule has 2 heterocycles. The van der Waals surface area contributed by atoms with E-state index >= 15 is 0 Å². The molecule has 0 unspecified atom stereocenters. The number of hydrogen-bond donors (Lipinski definition) is 5. The summed E-state index contributed by atoms with van der Waals surface area (Å²) in [5.41, 5.74) is 0.999. The number of urea groups is 1. The van der Waals surface area contributed by atoms with Gasteiger partial charge in [0.1, 0.15) is 9.96 Å². The minimum atomic E-state index is -4.10. The first-order valence-electron chi connectivity index (χ1n) is 9.55. The van der Waals surface area contributed by atoms with Crippen molar-refractivity contribution < 1.29 is 18.3 Å². The number of nitrogens with one attached hydrogen (secondary N) is 4. The summed E-state index contributed by atoms with van der Waals surface area (Å²) in [6.07, 6.45) is 0. The number of benzene rings is 2. The molecule has 5 N–H and O–H groups in total. The second-order valence-corrected chi connectivity index (χ2v) is 11.0. The molecule has 0 saturated carbocycles. The number of H-pyrrole nitrogens is 1. The summed E-state index contributed by atoms with van der Waals surface area (Å²) in [5.74, 6) is -0.248. The molecule has 0 aliphatic carbocycles. The molecule has 0 aliphatic heterocycles. The molecule has 13 heteroatoms. The van der Waals surface area contributed by atoms with Crippen molar-refractivity contribution in [1.82, 2.24) is 9.71 Å². The predicted molar refractivity (Wildman–Crippen MR) is 135 cm³/mol. The van der Waals surface area contributed by atoms with Crippen molar-refractivity contribution in [2.45, 2.75) is 4.21 Å². The molecule has 2 aromatic carbocycles. The fraction of sp³-hybridized carbons (Fsp3) is 0.0476. The number of halogens is 2. The summed E-state index contributed by atoms with van der Waals surface area (Å²) in [7, 11) is -2.37. The van der Waals surface area contributed by atoms with Crippen molar-refractivity contribution in [3.8, 4) is 16.9 Å². The fourth-order valence-corrected chi connectivity index (χ4v) is 5.92. The van der Waals surface area contributed by atoms with E-state index in [4.69, 9.17) is 23.2 Å². The third-order valence-corrected chi connectivity index (χ3v) is 8.18. The van der Waals surface area contributed by atoms with Gasteiger partial charge in [0.2, 0.25) is 0 Å². The normalized spacial score (nSPS) is 11.4. The lowest BCUT2D eigenvalue weighted by Gasteiger charge is -2.12. The Labute approximate surface area is 207 Å². The lowest BCUT2D eigenvalue weighted by molar-refractivity contribution is 0.256. The van der Waals surface area contributed by atoms with Crippen LogP contribution in [-0.4, -0.2) is 31.6 Å². The van der Waals surface area contributed by atoms with Gasteiger partial charge in [0.15, 0.2) is 0 Å². The maximum atomic E-state index is 12.7. The van der Waals surface area contributed by atoms with Crippen LogP contribution < -0.4 is 20.9 Å². The quantitative estimate of drug-likeness (QED) is 0.246. The second kappa shape index (κ2) is 9.18. The zero-order valence-electron chi connectivity index (χ0n) is 17.3. The van der Waals surface area contributed by atoms with E-state index in [2.05, 4.69) is 15.6 Å². The number of amides is 2. The molecule has 0 fully saturated rings. The second-order valence-electron chi connectivity index (χ2n) is 7.00. The largest absolute Gasteiger partial charge is 0.506 e. The lowest BCUT2D eigenvalue weighted by Crippen LogP contribution is -2.33. The molecule has 34 heavy (non-hydrogen) atoms. The SMILES string of the molecule is CNc1ccc2c(O)c(-c3ccc(NC(=O)NS(=O)(=O)c4ccc(Cl)s4)cc3Cl)c(=O)[nH]c2c1. The number of aromatic hydroxyl groups is 1. The molecular formula is C21H16Cl2N4O5S2. The standard InChI is InChI=1S/C21H16Cl2N4O5S2/c1-24-10-2-5-13-15(9-10)26-20(29)18(19(13)28)12-4-3-11(8-14(12)22)25-21(30)27-34(31,32)17-7-6-16(23)33-17/h2-9,24H,1H3,(H2,25,27,30)(H2,26,28,29). The number of anilines is 2. The van der Waals surface area contributed by atoms with Gasteiger partial charge in [-0.3, -0.25) is 4.79 Å². The zero-order chi connectivity index (χ0) is 24.6. The van der Waals surface area contributed by atoms with E-state index in [-0.39, 0.29) is 36.1 Å². The summed E-state index contributed by atoms with van der Waals surface area (Å²) in [5, 5.41) is 16.6. The van der Waals surface area contributed by atoms with E-state index in [9.17, 15) is 23.1 Å². The highest BCUT2D eigenvalue weighted by Gasteiger charge is 2.21. The number of carbonyl (C=O) groups excluding carboxylic acids is 1. The summed E-state index contributed by atoms with van der Waals surface area (Å²) in [6.45, 7) is 0. The predicted octanol–water partition coefficient (Wildman–Crippen LogP) is 4.82. The average Bonchev–Trinajstić information content (AvgIpc) is 3.21.